The molecule has 1 heterocycles. The maximum atomic E-state index is 13.9. The number of hydrogen-bond donors (Lipinski definition) is 1. The van der Waals surface area contributed by atoms with Gasteiger partial charge in [0.1, 0.15) is 5.82 Å². The molecule has 96 valence electrons. The highest BCUT2D eigenvalue weighted by molar-refractivity contribution is 6.08. The zero-order valence-electron chi connectivity index (χ0n) is 10.3. The Morgan fingerprint density at radius 1 is 1.16 bits per heavy atom. The van der Waals surface area contributed by atoms with Crippen molar-refractivity contribution < 1.29 is 9.18 Å². The van der Waals surface area contributed by atoms with Gasteiger partial charge in [-0.3, -0.25) is 4.79 Å². The van der Waals surface area contributed by atoms with Crippen LogP contribution in [-0.2, 0) is 6.42 Å². The van der Waals surface area contributed by atoms with Gasteiger partial charge in [-0.2, -0.15) is 0 Å². The molecular weight excluding hydrogens is 243 g/mol. The van der Waals surface area contributed by atoms with E-state index in [0.29, 0.717) is 17.8 Å². The Kier molecular flexibility index (Phi) is 2.71. The van der Waals surface area contributed by atoms with Crippen molar-refractivity contribution in [2.45, 2.75) is 6.42 Å². The molecular formula is C15H13FN2O. The largest absolute Gasteiger partial charge is 0.399 e. The van der Waals surface area contributed by atoms with E-state index in [9.17, 15) is 9.18 Å². The smallest absolute Gasteiger partial charge is 0.258 e. The zero-order valence-corrected chi connectivity index (χ0v) is 10.3. The van der Waals surface area contributed by atoms with Crippen molar-refractivity contribution in [2.24, 2.45) is 0 Å². The third kappa shape index (κ3) is 1.95. The fourth-order valence-corrected chi connectivity index (χ4v) is 2.40. The first-order chi connectivity index (χ1) is 9.16. The molecule has 0 atom stereocenters. The second-order valence-corrected chi connectivity index (χ2v) is 4.57. The van der Waals surface area contributed by atoms with Crippen LogP contribution in [0.25, 0.3) is 0 Å². The summed E-state index contributed by atoms with van der Waals surface area (Å²) in [7, 11) is 0. The number of carbonyl (C=O) groups excluding carboxylic acids is 1. The molecule has 1 aliphatic heterocycles. The fourth-order valence-electron chi connectivity index (χ4n) is 2.40. The van der Waals surface area contributed by atoms with E-state index in [1.54, 1.807) is 18.2 Å². The number of hydrogen-bond acceptors (Lipinski definition) is 2. The van der Waals surface area contributed by atoms with E-state index in [2.05, 4.69) is 0 Å². The second kappa shape index (κ2) is 4.39. The van der Waals surface area contributed by atoms with E-state index in [-0.39, 0.29) is 11.6 Å². The molecule has 19 heavy (non-hydrogen) atoms. The van der Waals surface area contributed by atoms with Gasteiger partial charge in [-0.15, -0.1) is 0 Å². The Hall–Kier alpha value is -2.36. The molecule has 0 aliphatic carbocycles. The predicted molar refractivity (Wildman–Crippen MR) is 72.6 cm³/mol. The van der Waals surface area contributed by atoms with Crippen molar-refractivity contribution in [2.75, 3.05) is 17.2 Å². The molecule has 0 unspecified atom stereocenters. The number of halogens is 1. The number of anilines is 2. The number of rotatable bonds is 1. The molecule has 3 nitrogen and oxygen atoms in total. The van der Waals surface area contributed by atoms with Crippen molar-refractivity contribution in [3.8, 4) is 0 Å². The summed E-state index contributed by atoms with van der Waals surface area (Å²) in [4.78, 5) is 13.9. The second-order valence-electron chi connectivity index (χ2n) is 4.57. The van der Waals surface area contributed by atoms with Crippen LogP contribution in [0.15, 0.2) is 42.5 Å². The maximum absolute atomic E-state index is 13.9. The Labute approximate surface area is 110 Å². The van der Waals surface area contributed by atoms with Gasteiger partial charge in [0.2, 0.25) is 0 Å². The highest BCUT2D eigenvalue weighted by atomic mass is 19.1. The lowest BCUT2D eigenvalue weighted by molar-refractivity contribution is 0.0979. The van der Waals surface area contributed by atoms with E-state index in [1.165, 1.54) is 11.0 Å². The van der Waals surface area contributed by atoms with E-state index in [0.717, 1.165) is 12.0 Å². The number of benzene rings is 2. The van der Waals surface area contributed by atoms with Crippen LogP contribution < -0.4 is 10.6 Å². The van der Waals surface area contributed by atoms with Crippen molar-refractivity contribution in [3.63, 3.8) is 0 Å². The minimum atomic E-state index is -0.465. The molecule has 0 aromatic heterocycles. The minimum Gasteiger partial charge on any atom is -0.399 e. The van der Waals surface area contributed by atoms with Crippen molar-refractivity contribution in [1.82, 2.24) is 0 Å². The van der Waals surface area contributed by atoms with E-state index in [1.807, 2.05) is 18.2 Å². The van der Waals surface area contributed by atoms with Crippen LogP contribution in [0.3, 0.4) is 0 Å². The topological polar surface area (TPSA) is 46.3 Å². The first-order valence-electron chi connectivity index (χ1n) is 6.11. The molecule has 1 aliphatic rings. The summed E-state index contributed by atoms with van der Waals surface area (Å²) in [5, 5.41) is 0. The van der Waals surface area contributed by atoms with Gasteiger partial charge in [0.05, 0.1) is 5.69 Å². The number of nitrogens with zero attached hydrogens (tertiary/aromatic N) is 1. The highest BCUT2D eigenvalue weighted by Crippen LogP contribution is 2.27. The average molecular weight is 256 g/mol. The van der Waals surface area contributed by atoms with Crippen LogP contribution in [0.2, 0.25) is 0 Å². The van der Waals surface area contributed by atoms with Crippen molar-refractivity contribution >= 4 is 17.3 Å². The molecule has 0 fully saturated rings. The highest BCUT2D eigenvalue weighted by Gasteiger charge is 2.26. The number of amides is 1. The zero-order chi connectivity index (χ0) is 13.4. The number of nitrogens with two attached hydrogens (primary N) is 1. The molecule has 0 spiro atoms. The minimum absolute atomic E-state index is 0.162. The van der Waals surface area contributed by atoms with Crippen molar-refractivity contribution in [1.29, 1.82) is 0 Å². The van der Waals surface area contributed by atoms with Crippen LogP contribution in [0, 0.1) is 5.82 Å². The van der Waals surface area contributed by atoms with Crippen LogP contribution in [0.5, 0.6) is 0 Å². The summed E-state index contributed by atoms with van der Waals surface area (Å²) >= 11 is 0. The van der Waals surface area contributed by atoms with Gasteiger partial charge in [-0.25, -0.2) is 4.39 Å². The Morgan fingerprint density at radius 2 is 1.95 bits per heavy atom. The van der Waals surface area contributed by atoms with Crippen molar-refractivity contribution in [3.05, 3.63) is 59.4 Å². The van der Waals surface area contributed by atoms with E-state index >= 15 is 0 Å². The lowest BCUT2D eigenvalue weighted by atomic mass is 9.98. The molecule has 2 aromatic carbocycles. The third-order valence-corrected chi connectivity index (χ3v) is 3.36. The first-order valence-corrected chi connectivity index (χ1v) is 6.11. The number of nitrogen functional groups attached to an aromatic ring is 1. The molecule has 0 saturated carbocycles. The van der Waals surface area contributed by atoms with Gasteiger partial charge < -0.3 is 10.6 Å². The maximum Gasteiger partial charge on any atom is 0.258 e. The van der Waals surface area contributed by atoms with Gasteiger partial charge in [0.15, 0.2) is 0 Å². The van der Waals surface area contributed by atoms with Crippen LogP contribution in [-0.4, -0.2) is 12.5 Å². The van der Waals surface area contributed by atoms with Crippen LogP contribution in [0.1, 0.15) is 15.9 Å². The van der Waals surface area contributed by atoms with Gasteiger partial charge in [-0.1, -0.05) is 18.2 Å². The number of fused-ring (bicyclic) bond motifs is 1. The summed E-state index contributed by atoms with van der Waals surface area (Å²) in [5.41, 5.74) is 7.82. The Balaban J connectivity index is 2.02. The molecule has 1 amide bonds. The van der Waals surface area contributed by atoms with Crippen LogP contribution in [0.4, 0.5) is 15.8 Å². The predicted octanol–water partition coefficient (Wildman–Crippen LogP) is 2.61. The first kappa shape index (κ1) is 11.7. The molecule has 0 radical (unpaired) electrons. The van der Waals surface area contributed by atoms with E-state index < -0.39 is 5.82 Å². The molecule has 0 bridgehead atoms. The molecule has 0 saturated heterocycles. The van der Waals surface area contributed by atoms with E-state index in [4.69, 9.17) is 5.73 Å². The monoisotopic (exact) mass is 256 g/mol. The van der Waals surface area contributed by atoms with Gasteiger partial charge >= 0.3 is 0 Å². The van der Waals surface area contributed by atoms with Gasteiger partial charge in [0.25, 0.3) is 5.91 Å². The van der Waals surface area contributed by atoms with Gasteiger partial charge in [-0.05, 0) is 36.2 Å². The third-order valence-electron chi connectivity index (χ3n) is 3.36. The summed E-state index contributed by atoms with van der Waals surface area (Å²) in [5.74, 6) is -0.627. The Bertz CT molecular complexity index is 654. The fraction of sp³-hybridized carbons (Fsp3) is 0.133. The van der Waals surface area contributed by atoms with Crippen LogP contribution >= 0.6 is 0 Å². The number of carbonyl (C=O) groups is 1. The SMILES string of the molecule is Nc1ccc(N2CCc3ccccc3C2=O)c(F)c1. The Morgan fingerprint density at radius 3 is 2.74 bits per heavy atom. The molecule has 2 aromatic rings. The lowest BCUT2D eigenvalue weighted by Gasteiger charge is -2.28. The summed E-state index contributed by atoms with van der Waals surface area (Å²) in [6.07, 6.45) is 0.728. The molecule has 4 heteroatoms. The summed E-state index contributed by atoms with van der Waals surface area (Å²) < 4.78 is 13.9. The average Bonchev–Trinajstić information content (AvgIpc) is 2.41. The van der Waals surface area contributed by atoms with Gasteiger partial charge in [0, 0.05) is 17.8 Å². The molecule has 3 rings (SSSR count). The molecule has 2 N–H and O–H groups in total. The quantitative estimate of drug-likeness (QED) is 0.797. The normalized spacial score (nSPS) is 14.4. The summed E-state index contributed by atoms with van der Waals surface area (Å²) in [6, 6.07) is 11.8. The summed E-state index contributed by atoms with van der Waals surface area (Å²) in [6.45, 7) is 0.483. The lowest BCUT2D eigenvalue weighted by Crippen LogP contribution is -2.38. The standard InChI is InChI=1S/C15H13FN2O/c16-13-9-11(17)5-6-14(13)18-8-7-10-3-1-2-4-12(10)15(18)19/h1-6,9H,7-8,17H2.